The van der Waals surface area contributed by atoms with E-state index < -0.39 is 0 Å². The van der Waals surface area contributed by atoms with E-state index in [1.807, 2.05) is 35.2 Å². The summed E-state index contributed by atoms with van der Waals surface area (Å²) in [6.07, 6.45) is 4.84. The highest BCUT2D eigenvalue weighted by Crippen LogP contribution is 2.39. The van der Waals surface area contributed by atoms with Gasteiger partial charge in [-0.2, -0.15) is 4.98 Å². The zero-order valence-corrected chi connectivity index (χ0v) is 13.8. The van der Waals surface area contributed by atoms with Crippen molar-refractivity contribution < 1.29 is 9.32 Å². The van der Waals surface area contributed by atoms with E-state index >= 15 is 0 Å². The minimum Gasteiger partial charge on any atom is -0.339 e. The lowest BCUT2D eigenvalue weighted by Gasteiger charge is -2.16. The molecule has 1 aliphatic heterocycles. The number of fused-ring (bicyclic) bond motifs is 1. The number of benzene rings is 1. The average molecular weight is 334 g/mol. The molecule has 1 aliphatic carbocycles. The first-order valence-electron chi connectivity index (χ1n) is 8.76. The van der Waals surface area contributed by atoms with Crippen molar-refractivity contribution in [1.29, 1.82) is 0 Å². The van der Waals surface area contributed by atoms with Crippen molar-refractivity contribution in [1.82, 2.24) is 20.0 Å². The largest absolute Gasteiger partial charge is 0.339 e. The molecular formula is C19H18N4O2. The monoisotopic (exact) mass is 334 g/mol. The van der Waals surface area contributed by atoms with Gasteiger partial charge < -0.3 is 9.42 Å². The van der Waals surface area contributed by atoms with Crippen LogP contribution in [-0.4, -0.2) is 39.0 Å². The van der Waals surface area contributed by atoms with Gasteiger partial charge in [0.1, 0.15) is 5.69 Å². The number of pyridine rings is 1. The lowest BCUT2D eigenvalue weighted by molar-refractivity contribution is 0.0787. The number of hydrogen-bond acceptors (Lipinski definition) is 5. The molecule has 1 atom stereocenters. The highest BCUT2D eigenvalue weighted by Gasteiger charge is 2.34. The van der Waals surface area contributed by atoms with Crippen LogP contribution in [0, 0.1) is 0 Å². The molecule has 0 radical (unpaired) electrons. The molecule has 1 amide bonds. The first kappa shape index (κ1) is 14.6. The molecule has 1 saturated carbocycles. The van der Waals surface area contributed by atoms with Crippen molar-refractivity contribution >= 4 is 16.7 Å². The summed E-state index contributed by atoms with van der Waals surface area (Å²) < 4.78 is 5.36. The molecule has 3 heterocycles. The summed E-state index contributed by atoms with van der Waals surface area (Å²) >= 11 is 0. The van der Waals surface area contributed by atoms with Crippen LogP contribution < -0.4 is 0 Å². The van der Waals surface area contributed by atoms with Gasteiger partial charge in [-0.25, -0.2) is 0 Å². The van der Waals surface area contributed by atoms with Gasteiger partial charge in [-0.1, -0.05) is 29.4 Å². The number of likely N-dealkylation sites (tertiary alicyclic amines) is 1. The van der Waals surface area contributed by atoms with Crippen molar-refractivity contribution in [2.75, 3.05) is 13.1 Å². The van der Waals surface area contributed by atoms with Gasteiger partial charge in [0.25, 0.3) is 5.91 Å². The second-order valence-corrected chi connectivity index (χ2v) is 6.88. The third-order valence-corrected chi connectivity index (χ3v) is 5.10. The molecule has 25 heavy (non-hydrogen) atoms. The maximum absolute atomic E-state index is 13.0. The number of amides is 1. The molecule has 2 fully saturated rings. The molecule has 6 heteroatoms. The molecule has 0 spiro atoms. The van der Waals surface area contributed by atoms with Gasteiger partial charge in [0, 0.05) is 36.5 Å². The second-order valence-electron chi connectivity index (χ2n) is 6.88. The Morgan fingerprint density at radius 3 is 2.88 bits per heavy atom. The Bertz CT molecular complexity index is 942. The number of carbonyl (C=O) groups excluding carboxylic acids is 1. The molecule has 1 saturated heterocycles. The fourth-order valence-corrected chi connectivity index (χ4v) is 3.50. The topological polar surface area (TPSA) is 72.1 Å². The van der Waals surface area contributed by atoms with Crippen molar-refractivity contribution in [3.8, 4) is 0 Å². The zero-order chi connectivity index (χ0) is 16.8. The lowest BCUT2D eigenvalue weighted by Crippen LogP contribution is -2.29. The third kappa shape index (κ3) is 2.58. The summed E-state index contributed by atoms with van der Waals surface area (Å²) in [7, 11) is 0. The Labute approximate surface area is 144 Å². The van der Waals surface area contributed by atoms with Crippen molar-refractivity contribution in [3.63, 3.8) is 0 Å². The first-order chi connectivity index (χ1) is 12.3. The van der Waals surface area contributed by atoms with Crippen LogP contribution in [0.3, 0.4) is 0 Å². The van der Waals surface area contributed by atoms with Gasteiger partial charge in [-0.15, -0.1) is 0 Å². The van der Waals surface area contributed by atoms with Crippen molar-refractivity contribution in [2.45, 2.75) is 31.1 Å². The maximum atomic E-state index is 13.0. The predicted molar refractivity (Wildman–Crippen MR) is 91.3 cm³/mol. The summed E-state index contributed by atoms with van der Waals surface area (Å²) in [5.41, 5.74) is 0.519. The Morgan fingerprint density at radius 2 is 2.00 bits per heavy atom. The summed E-state index contributed by atoms with van der Waals surface area (Å²) in [5.74, 6) is 2.08. The molecule has 5 rings (SSSR count). The van der Waals surface area contributed by atoms with E-state index in [0.717, 1.165) is 41.8 Å². The Hall–Kier alpha value is -2.76. The standard InChI is InChI=1S/C19H18N4O2/c24-19(16-15-4-2-1-3-12(15)7-9-20-16)23-10-8-14(11-23)17-21-18(25-22-17)13-5-6-13/h1-4,7,9,13-14H,5-6,8,10-11H2. The highest BCUT2D eigenvalue weighted by atomic mass is 16.5. The molecule has 1 aromatic carbocycles. The molecule has 0 bridgehead atoms. The number of hydrogen-bond donors (Lipinski definition) is 0. The molecule has 3 aromatic rings. The van der Waals surface area contributed by atoms with E-state index in [0.29, 0.717) is 24.7 Å². The van der Waals surface area contributed by atoms with E-state index in [1.54, 1.807) is 6.20 Å². The SMILES string of the molecule is O=C(c1nccc2ccccc12)N1CCC(c2noc(C3CC3)n2)C1. The van der Waals surface area contributed by atoms with Crippen LogP contribution in [0.1, 0.15) is 53.3 Å². The summed E-state index contributed by atoms with van der Waals surface area (Å²) in [6.45, 7) is 1.31. The second kappa shape index (κ2) is 5.65. The minimum atomic E-state index is -0.0230. The quantitative estimate of drug-likeness (QED) is 0.736. The summed E-state index contributed by atoms with van der Waals surface area (Å²) in [4.78, 5) is 23.7. The van der Waals surface area contributed by atoms with E-state index in [-0.39, 0.29) is 11.8 Å². The van der Waals surface area contributed by atoms with Crippen molar-refractivity contribution in [2.24, 2.45) is 0 Å². The van der Waals surface area contributed by atoms with Crippen LogP contribution in [0.15, 0.2) is 41.1 Å². The lowest BCUT2D eigenvalue weighted by atomic mass is 10.1. The molecule has 2 aromatic heterocycles. The van der Waals surface area contributed by atoms with Crippen LogP contribution in [0.2, 0.25) is 0 Å². The van der Waals surface area contributed by atoms with Crippen LogP contribution in [0.25, 0.3) is 10.8 Å². The number of carbonyl (C=O) groups is 1. The van der Waals surface area contributed by atoms with E-state index in [1.165, 1.54) is 0 Å². The van der Waals surface area contributed by atoms with E-state index in [9.17, 15) is 4.79 Å². The first-order valence-corrected chi connectivity index (χ1v) is 8.76. The van der Waals surface area contributed by atoms with Gasteiger partial charge in [0.15, 0.2) is 5.82 Å². The van der Waals surface area contributed by atoms with Gasteiger partial charge >= 0.3 is 0 Å². The maximum Gasteiger partial charge on any atom is 0.273 e. The number of aromatic nitrogens is 3. The van der Waals surface area contributed by atoms with Crippen LogP contribution >= 0.6 is 0 Å². The predicted octanol–water partition coefficient (Wildman–Crippen LogP) is 3.12. The van der Waals surface area contributed by atoms with Gasteiger partial charge in [-0.05, 0) is 30.7 Å². The molecule has 0 N–H and O–H groups in total. The average Bonchev–Trinajstić information content (AvgIpc) is 3.19. The number of nitrogens with zero attached hydrogens (tertiary/aromatic N) is 4. The molecule has 1 unspecified atom stereocenters. The van der Waals surface area contributed by atoms with Crippen LogP contribution in [0.4, 0.5) is 0 Å². The van der Waals surface area contributed by atoms with Gasteiger partial charge in [-0.3, -0.25) is 9.78 Å². The van der Waals surface area contributed by atoms with E-state index in [2.05, 4.69) is 15.1 Å². The molecule has 126 valence electrons. The highest BCUT2D eigenvalue weighted by molar-refractivity contribution is 6.05. The summed E-state index contributed by atoms with van der Waals surface area (Å²) in [5, 5.41) is 6.06. The Balaban J connectivity index is 1.37. The van der Waals surface area contributed by atoms with Gasteiger partial charge in [0.2, 0.25) is 5.89 Å². The molecular weight excluding hydrogens is 316 g/mol. The number of rotatable bonds is 3. The molecule has 2 aliphatic rings. The van der Waals surface area contributed by atoms with Crippen LogP contribution in [-0.2, 0) is 0 Å². The fourth-order valence-electron chi connectivity index (χ4n) is 3.50. The van der Waals surface area contributed by atoms with Crippen molar-refractivity contribution in [3.05, 3.63) is 53.9 Å². The Kier molecular flexibility index (Phi) is 3.29. The van der Waals surface area contributed by atoms with Crippen LogP contribution in [0.5, 0.6) is 0 Å². The normalized spacial score (nSPS) is 20.3. The van der Waals surface area contributed by atoms with Gasteiger partial charge in [0.05, 0.1) is 0 Å². The summed E-state index contributed by atoms with van der Waals surface area (Å²) in [6, 6.07) is 9.78. The smallest absolute Gasteiger partial charge is 0.273 e. The fraction of sp³-hybridized carbons (Fsp3) is 0.368. The Morgan fingerprint density at radius 1 is 1.12 bits per heavy atom. The molecule has 6 nitrogen and oxygen atoms in total. The minimum absolute atomic E-state index is 0.0230. The van der Waals surface area contributed by atoms with E-state index in [4.69, 9.17) is 4.52 Å². The third-order valence-electron chi connectivity index (χ3n) is 5.10. The zero-order valence-electron chi connectivity index (χ0n) is 13.8.